The first-order valence-corrected chi connectivity index (χ1v) is 9.54. The Balaban J connectivity index is 2.19. The average molecular weight is 408 g/mol. The molecule has 6 nitrogen and oxygen atoms in total. The highest BCUT2D eigenvalue weighted by molar-refractivity contribution is 5.92. The lowest BCUT2D eigenvalue weighted by Crippen LogP contribution is -2.19. The highest BCUT2D eigenvalue weighted by Gasteiger charge is 2.13. The second-order valence-electron chi connectivity index (χ2n) is 7.29. The minimum Gasteiger partial charge on any atom is -0.384 e. The van der Waals surface area contributed by atoms with Crippen molar-refractivity contribution >= 4 is 28.7 Å². The molecule has 0 aliphatic carbocycles. The van der Waals surface area contributed by atoms with Gasteiger partial charge in [0.15, 0.2) is 0 Å². The van der Waals surface area contributed by atoms with Crippen LogP contribution < -0.4 is 21.5 Å². The Hall–Kier alpha value is -3.61. The Kier molecular flexibility index (Phi) is 5.91. The summed E-state index contributed by atoms with van der Waals surface area (Å²) in [6.07, 6.45) is 1.74. The summed E-state index contributed by atoms with van der Waals surface area (Å²) >= 11 is 0. The van der Waals surface area contributed by atoms with E-state index in [-0.39, 0.29) is 17.3 Å². The van der Waals surface area contributed by atoms with E-state index in [2.05, 4.69) is 16.0 Å². The zero-order valence-electron chi connectivity index (χ0n) is 17.7. The van der Waals surface area contributed by atoms with E-state index in [0.717, 1.165) is 33.6 Å². The number of aromatic nitrogens is 1. The Labute approximate surface area is 174 Å². The third-order valence-electron chi connectivity index (χ3n) is 4.86. The number of hydrogen-bond acceptors (Lipinski definition) is 4. The summed E-state index contributed by atoms with van der Waals surface area (Å²) in [6, 6.07) is 10.2. The van der Waals surface area contributed by atoms with Gasteiger partial charge in [-0.3, -0.25) is 9.59 Å². The van der Waals surface area contributed by atoms with Gasteiger partial charge in [-0.15, -0.1) is 0 Å². The lowest BCUT2D eigenvalue weighted by Gasteiger charge is -2.18. The number of halogens is 1. The van der Waals surface area contributed by atoms with Crippen LogP contribution in [-0.2, 0) is 11.8 Å². The molecule has 3 N–H and O–H groups in total. The lowest BCUT2D eigenvalue weighted by molar-refractivity contribution is -0.114. The van der Waals surface area contributed by atoms with Gasteiger partial charge in [0, 0.05) is 55.4 Å². The molecule has 0 fully saturated rings. The molecule has 0 spiro atoms. The molecule has 30 heavy (non-hydrogen) atoms. The first kappa shape index (κ1) is 21.1. The predicted octanol–water partition coefficient (Wildman–Crippen LogP) is 4.55. The third kappa shape index (κ3) is 4.35. The van der Waals surface area contributed by atoms with Crippen LogP contribution in [0.1, 0.15) is 18.1 Å². The Bertz CT molecular complexity index is 1160. The number of aryl methyl sites for hydroxylation is 3. The molecule has 7 heteroatoms. The smallest absolute Gasteiger partial charge is 0.273 e. The summed E-state index contributed by atoms with van der Waals surface area (Å²) in [4.78, 5) is 23.8. The zero-order chi connectivity index (χ0) is 22.0. The summed E-state index contributed by atoms with van der Waals surface area (Å²) in [5.74, 6) is -0.461. The summed E-state index contributed by atoms with van der Waals surface area (Å²) in [5, 5.41) is 9.11. The van der Waals surface area contributed by atoms with Crippen LogP contribution in [0.5, 0.6) is 0 Å². The Morgan fingerprint density at radius 2 is 1.70 bits per heavy atom. The number of nitrogens with zero attached hydrogens (tertiary/aromatic N) is 1. The van der Waals surface area contributed by atoms with Crippen molar-refractivity contribution in [2.24, 2.45) is 7.05 Å². The number of benzene rings is 2. The Morgan fingerprint density at radius 1 is 1.03 bits per heavy atom. The van der Waals surface area contributed by atoms with Gasteiger partial charge in [-0.05, 0) is 61.4 Å². The first-order chi connectivity index (χ1) is 14.2. The van der Waals surface area contributed by atoms with E-state index in [1.54, 1.807) is 32.4 Å². The van der Waals surface area contributed by atoms with E-state index in [1.807, 2.05) is 26.0 Å². The highest BCUT2D eigenvalue weighted by atomic mass is 19.1. The third-order valence-corrected chi connectivity index (χ3v) is 4.86. The molecule has 1 aromatic heterocycles. The standard InChI is InChI=1S/C23H25FN4O2/c1-13-8-17(24)9-14(2)22(13)27-20-7-6-18(26-15(3)29)11-19(20)16-10-21(25-4)23(30)28(5)12-16/h6-12,25,27H,1-5H3,(H,26,29). The maximum Gasteiger partial charge on any atom is 0.273 e. The highest BCUT2D eigenvalue weighted by Crippen LogP contribution is 2.35. The van der Waals surface area contributed by atoms with E-state index < -0.39 is 0 Å². The molecule has 1 heterocycles. The van der Waals surface area contributed by atoms with E-state index >= 15 is 0 Å². The molecule has 156 valence electrons. The maximum atomic E-state index is 13.7. The van der Waals surface area contributed by atoms with Crippen LogP contribution in [0.2, 0.25) is 0 Å². The molecule has 1 amide bonds. The summed E-state index contributed by atoms with van der Waals surface area (Å²) in [7, 11) is 3.38. The zero-order valence-corrected chi connectivity index (χ0v) is 17.7. The van der Waals surface area contributed by atoms with Gasteiger partial charge >= 0.3 is 0 Å². The largest absolute Gasteiger partial charge is 0.384 e. The summed E-state index contributed by atoms with van der Waals surface area (Å²) in [6.45, 7) is 5.13. The SMILES string of the molecule is CNc1cc(-c2cc(NC(C)=O)ccc2Nc2c(C)cc(F)cc2C)cn(C)c1=O. The fraction of sp³-hybridized carbons (Fsp3) is 0.217. The number of anilines is 4. The monoisotopic (exact) mass is 408 g/mol. The molecule has 0 unspecified atom stereocenters. The minimum atomic E-state index is -0.284. The van der Waals surface area contributed by atoms with Gasteiger partial charge in [-0.1, -0.05) is 0 Å². The molecular weight excluding hydrogens is 383 g/mol. The van der Waals surface area contributed by atoms with Crippen LogP contribution in [0.25, 0.3) is 11.1 Å². The summed E-state index contributed by atoms with van der Waals surface area (Å²) < 4.78 is 15.2. The second kappa shape index (κ2) is 8.41. The molecule has 0 atom stereocenters. The second-order valence-corrected chi connectivity index (χ2v) is 7.29. The van der Waals surface area contributed by atoms with Crippen LogP contribution in [0.3, 0.4) is 0 Å². The van der Waals surface area contributed by atoms with Gasteiger partial charge in [0.05, 0.1) is 0 Å². The molecule has 0 aliphatic heterocycles. The van der Waals surface area contributed by atoms with E-state index in [0.29, 0.717) is 11.4 Å². The fourth-order valence-electron chi connectivity index (χ4n) is 3.45. The number of carbonyl (C=O) groups excluding carboxylic acids is 1. The van der Waals surface area contributed by atoms with E-state index in [9.17, 15) is 14.0 Å². The molecule has 0 saturated carbocycles. The normalized spacial score (nSPS) is 10.6. The van der Waals surface area contributed by atoms with Gasteiger partial charge in [0.2, 0.25) is 5.91 Å². The van der Waals surface area contributed by atoms with Crippen molar-refractivity contribution in [1.82, 2.24) is 4.57 Å². The van der Waals surface area contributed by atoms with Crippen LogP contribution in [0, 0.1) is 19.7 Å². The molecule has 0 bridgehead atoms. The van der Waals surface area contributed by atoms with Gasteiger partial charge in [0.1, 0.15) is 11.5 Å². The van der Waals surface area contributed by atoms with Crippen molar-refractivity contribution in [3.63, 3.8) is 0 Å². The van der Waals surface area contributed by atoms with Gasteiger partial charge in [-0.25, -0.2) is 4.39 Å². The molecule has 0 saturated heterocycles. The lowest BCUT2D eigenvalue weighted by atomic mass is 10.0. The van der Waals surface area contributed by atoms with E-state index in [4.69, 9.17) is 0 Å². The molecule has 3 aromatic rings. The van der Waals surface area contributed by atoms with Crippen molar-refractivity contribution < 1.29 is 9.18 Å². The number of pyridine rings is 1. The van der Waals surface area contributed by atoms with Crippen LogP contribution >= 0.6 is 0 Å². The molecule has 0 aliphatic rings. The number of hydrogen-bond donors (Lipinski definition) is 3. The average Bonchev–Trinajstić information content (AvgIpc) is 2.67. The van der Waals surface area contributed by atoms with Crippen LogP contribution in [-0.4, -0.2) is 17.5 Å². The van der Waals surface area contributed by atoms with Crippen molar-refractivity contribution in [2.75, 3.05) is 23.0 Å². The summed E-state index contributed by atoms with van der Waals surface area (Å²) in [5.41, 5.74) is 5.66. The topological polar surface area (TPSA) is 75.2 Å². The number of rotatable bonds is 5. The number of nitrogens with one attached hydrogen (secondary N) is 3. The molecule has 0 radical (unpaired) electrons. The van der Waals surface area contributed by atoms with Gasteiger partial charge < -0.3 is 20.5 Å². The first-order valence-electron chi connectivity index (χ1n) is 9.54. The fourth-order valence-corrected chi connectivity index (χ4v) is 3.45. The van der Waals surface area contributed by atoms with Gasteiger partial charge in [0.25, 0.3) is 5.56 Å². The quantitative estimate of drug-likeness (QED) is 0.579. The van der Waals surface area contributed by atoms with Crippen molar-refractivity contribution in [1.29, 1.82) is 0 Å². The van der Waals surface area contributed by atoms with Crippen molar-refractivity contribution in [3.05, 3.63) is 69.9 Å². The van der Waals surface area contributed by atoms with E-state index in [1.165, 1.54) is 23.6 Å². The van der Waals surface area contributed by atoms with Crippen LogP contribution in [0.4, 0.5) is 27.1 Å². The van der Waals surface area contributed by atoms with Crippen LogP contribution in [0.15, 0.2) is 47.4 Å². The number of amides is 1. The molecule has 2 aromatic carbocycles. The number of carbonyl (C=O) groups is 1. The van der Waals surface area contributed by atoms with Crippen molar-refractivity contribution in [3.8, 4) is 11.1 Å². The maximum absolute atomic E-state index is 13.7. The molecular formula is C23H25FN4O2. The predicted molar refractivity (Wildman–Crippen MR) is 120 cm³/mol. The Morgan fingerprint density at radius 3 is 2.30 bits per heavy atom. The van der Waals surface area contributed by atoms with Gasteiger partial charge in [-0.2, -0.15) is 0 Å². The van der Waals surface area contributed by atoms with Crippen molar-refractivity contribution in [2.45, 2.75) is 20.8 Å². The molecule has 3 rings (SSSR count). The minimum absolute atomic E-state index is 0.140.